The fourth-order valence-electron chi connectivity index (χ4n) is 2.98. The van der Waals surface area contributed by atoms with Gasteiger partial charge < -0.3 is 20.9 Å². The van der Waals surface area contributed by atoms with Crippen LogP contribution in [-0.4, -0.2) is 20.9 Å². The Morgan fingerprint density at radius 3 is 2.61 bits per heavy atom. The molecule has 0 spiro atoms. The first-order valence-corrected chi connectivity index (χ1v) is 7.31. The van der Waals surface area contributed by atoms with Crippen molar-refractivity contribution in [3.8, 4) is 11.5 Å². The second-order valence-corrected chi connectivity index (χ2v) is 5.65. The van der Waals surface area contributed by atoms with Crippen molar-refractivity contribution in [2.75, 3.05) is 5.73 Å². The highest BCUT2D eigenvalue weighted by Gasteiger charge is 2.27. The largest absolute Gasteiger partial charge is 0.508 e. The number of benzene rings is 1. The van der Waals surface area contributed by atoms with Gasteiger partial charge in [0, 0.05) is 29.0 Å². The first kappa shape index (κ1) is 15.0. The van der Waals surface area contributed by atoms with Gasteiger partial charge in [0.25, 0.3) is 0 Å². The molecule has 2 heterocycles. The highest BCUT2D eigenvalue weighted by atomic mass is 16.3. The number of nitrogens with two attached hydrogens (primary N) is 1. The van der Waals surface area contributed by atoms with E-state index in [0.29, 0.717) is 11.4 Å². The van der Waals surface area contributed by atoms with Crippen molar-refractivity contribution in [2.45, 2.75) is 19.9 Å². The summed E-state index contributed by atoms with van der Waals surface area (Å²) in [4.78, 5) is 7.80. The third-order valence-corrected chi connectivity index (χ3v) is 4.33. The number of aliphatic imine (C=N–C) groups is 1. The molecule has 0 amide bonds. The van der Waals surface area contributed by atoms with Gasteiger partial charge in [0.2, 0.25) is 0 Å². The smallest absolute Gasteiger partial charge is 0.124 e. The quantitative estimate of drug-likeness (QED) is 0.683. The summed E-state index contributed by atoms with van der Waals surface area (Å²) in [6, 6.07) is 4.08. The van der Waals surface area contributed by atoms with Crippen LogP contribution in [0.4, 0.5) is 5.82 Å². The number of nitrogens with one attached hydrogen (secondary N) is 1. The molecule has 3 rings (SSSR count). The molecule has 1 atom stereocenters. The van der Waals surface area contributed by atoms with Crippen LogP contribution in [0.5, 0.6) is 11.5 Å². The molecule has 23 heavy (non-hydrogen) atoms. The molecule has 5 nitrogen and oxygen atoms in total. The molecule has 0 saturated carbocycles. The van der Waals surface area contributed by atoms with Crippen molar-refractivity contribution >= 4 is 17.1 Å². The normalized spacial score (nSPS) is 17.5. The number of aromatic nitrogens is 1. The van der Waals surface area contributed by atoms with E-state index in [-0.39, 0.29) is 11.5 Å². The summed E-state index contributed by atoms with van der Waals surface area (Å²) in [6.07, 6.45) is 3.52. The zero-order chi connectivity index (χ0) is 16.7. The number of H-pyrrole nitrogens is 1. The van der Waals surface area contributed by atoms with Crippen LogP contribution in [0.25, 0.3) is 5.57 Å². The molecular formula is C18H19N3O2. The van der Waals surface area contributed by atoms with Gasteiger partial charge in [-0.2, -0.15) is 0 Å². The van der Waals surface area contributed by atoms with Crippen LogP contribution in [0.3, 0.4) is 0 Å². The maximum atomic E-state index is 10.2. The second-order valence-electron chi connectivity index (χ2n) is 5.65. The van der Waals surface area contributed by atoms with Crippen LogP contribution in [0, 0.1) is 0 Å². The number of aromatic hydroxyl groups is 2. The number of phenolic OH excluding ortho intramolecular Hbond substituents is 2. The summed E-state index contributed by atoms with van der Waals surface area (Å²) in [7, 11) is 0. The number of phenols is 2. The Kier molecular flexibility index (Phi) is 3.48. The minimum Gasteiger partial charge on any atom is -0.508 e. The monoisotopic (exact) mass is 309 g/mol. The first-order chi connectivity index (χ1) is 10.9. The predicted octanol–water partition coefficient (Wildman–Crippen LogP) is 3.53. The Morgan fingerprint density at radius 2 is 1.96 bits per heavy atom. The molecule has 5 heteroatoms. The van der Waals surface area contributed by atoms with Gasteiger partial charge in [-0.05, 0) is 43.2 Å². The summed E-state index contributed by atoms with van der Waals surface area (Å²) in [5.41, 5.74) is 11.3. The van der Waals surface area contributed by atoms with Crippen LogP contribution in [0.2, 0.25) is 0 Å². The minimum atomic E-state index is -0.431. The van der Waals surface area contributed by atoms with Crippen molar-refractivity contribution in [3.05, 3.63) is 59.3 Å². The van der Waals surface area contributed by atoms with Crippen molar-refractivity contribution in [3.63, 3.8) is 0 Å². The van der Waals surface area contributed by atoms with Crippen LogP contribution >= 0.6 is 0 Å². The van der Waals surface area contributed by atoms with Crippen LogP contribution < -0.4 is 5.73 Å². The molecule has 0 bridgehead atoms. The number of nitrogen functional groups attached to an aromatic ring is 1. The highest BCUT2D eigenvalue weighted by molar-refractivity contribution is 6.13. The molecule has 1 aromatic heterocycles. The Morgan fingerprint density at radius 1 is 1.22 bits per heavy atom. The van der Waals surface area contributed by atoms with Gasteiger partial charge in [-0.3, -0.25) is 4.99 Å². The lowest BCUT2D eigenvalue weighted by molar-refractivity contribution is 0.444. The van der Waals surface area contributed by atoms with Gasteiger partial charge in [-0.15, -0.1) is 0 Å². The zero-order valence-corrected chi connectivity index (χ0v) is 13.1. The molecule has 1 unspecified atom stereocenters. The van der Waals surface area contributed by atoms with Crippen molar-refractivity contribution < 1.29 is 10.2 Å². The number of fused-ring (bicyclic) bond motifs is 1. The third kappa shape index (κ3) is 2.30. The number of anilines is 1. The lowest BCUT2D eigenvalue weighted by atomic mass is 9.94. The summed E-state index contributed by atoms with van der Waals surface area (Å²) in [5.74, 6) is 0.567. The van der Waals surface area contributed by atoms with E-state index < -0.39 is 6.04 Å². The Balaban J connectivity index is 2.30. The van der Waals surface area contributed by atoms with Crippen LogP contribution in [-0.2, 0) is 0 Å². The average Bonchev–Trinajstić information content (AvgIpc) is 2.85. The van der Waals surface area contributed by atoms with Crippen molar-refractivity contribution in [1.29, 1.82) is 0 Å². The Bertz CT molecular complexity index is 859. The molecule has 0 fully saturated rings. The van der Waals surface area contributed by atoms with Gasteiger partial charge in [0.15, 0.2) is 0 Å². The molecule has 2 aromatic rings. The number of hydrogen-bond donors (Lipinski definition) is 4. The summed E-state index contributed by atoms with van der Waals surface area (Å²) >= 11 is 0. The highest BCUT2D eigenvalue weighted by Crippen LogP contribution is 2.42. The summed E-state index contributed by atoms with van der Waals surface area (Å²) < 4.78 is 0. The molecule has 0 saturated heterocycles. The van der Waals surface area contributed by atoms with Gasteiger partial charge in [-0.25, -0.2) is 0 Å². The first-order valence-electron chi connectivity index (χ1n) is 7.31. The van der Waals surface area contributed by atoms with Gasteiger partial charge in [0.05, 0.1) is 5.71 Å². The second kappa shape index (κ2) is 5.35. The topological polar surface area (TPSA) is 94.6 Å². The minimum absolute atomic E-state index is 0.00656. The van der Waals surface area contributed by atoms with Crippen molar-refractivity contribution in [2.24, 2.45) is 4.99 Å². The van der Waals surface area contributed by atoms with E-state index in [2.05, 4.69) is 11.6 Å². The van der Waals surface area contributed by atoms with E-state index in [1.165, 1.54) is 12.1 Å². The van der Waals surface area contributed by atoms with Crippen LogP contribution in [0.15, 0.2) is 47.6 Å². The maximum Gasteiger partial charge on any atom is 0.124 e. The Hall–Kier alpha value is -2.95. The molecule has 1 aliphatic rings. The molecular weight excluding hydrogens is 290 g/mol. The average molecular weight is 309 g/mol. The summed E-state index contributed by atoms with van der Waals surface area (Å²) in [5, 5.41) is 19.8. The molecule has 1 aliphatic heterocycles. The van der Waals surface area contributed by atoms with Crippen LogP contribution in [0.1, 0.15) is 36.6 Å². The van der Waals surface area contributed by atoms with E-state index in [1.807, 2.05) is 20.0 Å². The number of rotatable bonds is 2. The fraction of sp³-hybridized carbons (Fsp3) is 0.167. The lowest BCUT2D eigenvalue weighted by Gasteiger charge is -2.15. The molecule has 5 N–H and O–H groups in total. The van der Waals surface area contributed by atoms with Gasteiger partial charge in [-0.1, -0.05) is 6.58 Å². The summed E-state index contributed by atoms with van der Waals surface area (Å²) in [6.45, 7) is 7.81. The fourth-order valence-corrected chi connectivity index (χ4v) is 2.98. The predicted molar refractivity (Wildman–Crippen MR) is 92.7 cm³/mol. The van der Waals surface area contributed by atoms with Crippen molar-refractivity contribution in [1.82, 2.24) is 4.98 Å². The number of allylic oxidation sites excluding steroid dienone is 3. The standard InChI is InChI=1S/C18H19N3O2/c1-4-14-9(2)10(3)16-13(8-20-18(16)19)17(21-14)12-6-5-11(22)7-15(12)23/h4-8,17,20,22-23H,1,19H2,2-3H3. The molecule has 118 valence electrons. The number of aromatic amines is 1. The van der Waals surface area contributed by atoms with E-state index in [1.54, 1.807) is 12.1 Å². The zero-order valence-electron chi connectivity index (χ0n) is 13.1. The number of hydrogen-bond acceptors (Lipinski definition) is 4. The van der Waals surface area contributed by atoms with Gasteiger partial charge in [0.1, 0.15) is 23.4 Å². The van der Waals surface area contributed by atoms with E-state index in [9.17, 15) is 10.2 Å². The van der Waals surface area contributed by atoms with Gasteiger partial charge >= 0.3 is 0 Å². The third-order valence-electron chi connectivity index (χ3n) is 4.33. The lowest BCUT2D eigenvalue weighted by Crippen LogP contribution is -2.02. The van der Waals surface area contributed by atoms with E-state index >= 15 is 0 Å². The SMILES string of the molecule is C=CC1=NC(c2ccc(O)cc2O)c2c[nH]c(N)c2C(C)=C1C. The Labute approximate surface area is 134 Å². The van der Waals surface area contributed by atoms with E-state index in [0.717, 1.165) is 28.0 Å². The molecule has 1 aromatic carbocycles. The maximum absolute atomic E-state index is 10.2. The molecule has 0 aliphatic carbocycles. The molecule has 0 radical (unpaired) electrons. The number of nitrogens with zero attached hydrogens (tertiary/aromatic N) is 1. The van der Waals surface area contributed by atoms with E-state index in [4.69, 9.17) is 10.7 Å².